The van der Waals surface area contributed by atoms with Gasteiger partial charge < -0.3 is 10.1 Å². The molecule has 0 fully saturated rings. The van der Waals surface area contributed by atoms with Gasteiger partial charge in [-0.3, -0.25) is 9.10 Å². The zero-order valence-corrected chi connectivity index (χ0v) is 16.5. The van der Waals surface area contributed by atoms with Crippen molar-refractivity contribution in [3.8, 4) is 5.75 Å². The number of carbonyl (C=O) groups excluding carboxylic acids is 1. The molecule has 0 aliphatic rings. The third-order valence-corrected chi connectivity index (χ3v) is 4.89. The molecule has 2 aromatic rings. The van der Waals surface area contributed by atoms with Gasteiger partial charge in [-0.2, -0.15) is 0 Å². The summed E-state index contributed by atoms with van der Waals surface area (Å²) < 4.78 is 44.3. The number of halogens is 1. The molecule has 0 unspecified atom stereocenters. The number of ether oxygens (including phenoxy) is 1. The molecule has 1 N–H and O–H groups in total. The van der Waals surface area contributed by atoms with E-state index in [0.717, 1.165) is 16.6 Å². The van der Waals surface area contributed by atoms with Crippen LogP contribution in [0.1, 0.15) is 20.8 Å². The third kappa shape index (κ3) is 5.68. The largest absolute Gasteiger partial charge is 0.491 e. The number of anilines is 2. The Morgan fingerprint density at radius 2 is 1.74 bits per heavy atom. The first kappa shape index (κ1) is 20.7. The van der Waals surface area contributed by atoms with Crippen molar-refractivity contribution in [3.63, 3.8) is 0 Å². The summed E-state index contributed by atoms with van der Waals surface area (Å²) in [6.07, 6.45) is 1.000. The van der Waals surface area contributed by atoms with E-state index in [1.54, 1.807) is 24.3 Å². The zero-order valence-electron chi connectivity index (χ0n) is 15.6. The molecule has 2 rings (SSSR count). The van der Waals surface area contributed by atoms with Crippen molar-refractivity contribution in [2.45, 2.75) is 32.9 Å². The summed E-state index contributed by atoms with van der Waals surface area (Å²) in [5.41, 5.74) is 0.580. The highest BCUT2D eigenvalue weighted by Crippen LogP contribution is 2.23. The molecule has 146 valence electrons. The fourth-order valence-electron chi connectivity index (χ4n) is 2.56. The average Bonchev–Trinajstić information content (AvgIpc) is 2.55. The number of amides is 1. The van der Waals surface area contributed by atoms with E-state index in [1.807, 2.05) is 13.8 Å². The summed E-state index contributed by atoms with van der Waals surface area (Å²) in [5, 5.41) is 2.66. The fourth-order valence-corrected chi connectivity index (χ4v) is 3.72. The Labute approximate surface area is 159 Å². The SMILES string of the molecule is CC(C)Oc1ccc(NC(=O)[C@H](C)N(c2cccc(F)c2)S(C)(=O)=O)cc1. The third-order valence-electron chi connectivity index (χ3n) is 3.64. The number of rotatable bonds is 7. The lowest BCUT2D eigenvalue weighted by Crippen LogP contribution is -2.45. The van der Waals surface area contributed by atoms with Crippen LogP contribution in [0.4, 0.5) is 15.8 Å². The van der Waals surface area contributed by atoms with E-state index in [1.165, 1.54) is 25.1 Å². The van der Waals surface area contributed by atoms with Crippen LogP contribution in [0.2, 0.25) is 0 Å². The van der Waals surface area contributed by atoms with Crippen LogP contribution in [-0.4, -0.2) is 32.7 Å². The van der Waals surface area contributed by atoms with Crippen molar-refractivity contribution < 1.29 is 22.3 Å². The Morgan fingerprint density at radius 1 is 1.11 bits per heavy atom. The summed E-state index contributed by atoms with van der Waals surface area (Å²) in [6.45, 7) is 5.25. The summed E-state index contributed by atoms with van der Waals surface area (Å²) in [7, 11) is -3.81. The van der Waals surface area contributed by atoms with Crippen molar-refractivity contribution in [3.05, 3.63) is 54.3 Å². The predicted octanol–water partition coefficient (Wildman–Crippen LogP) is 3.41. The summed E-state index contributed by atoms with van der Waals surface area (Å²) >= 11 is 0. The van der Waals surface area contributed by atoms with Gasteiger partial charge in [-0.1, -0.05) is 6.07 Å². The molecular formula is C19H23FN2O4S. The number of hydrogen-bond acceptors (Lipinski definition) is 4. The highest BCUT2D eigenvalue weighted by Gasteiger charge is 2.29. The molecule has 1 amide bonds. The van der Waals surface area contributed by atoms with Gasteiger partial charge in [-0.15, -0.1) is 0 Å². The van der Waals surface area contributed by atoms with Gasteiger partial charge in [0.2, 0.25) is 15.9 Å². The van der Waals surface area contributed by atoms with Gasteiger partial charge in [-0.25, -0.2) is 12.8 Å². The molecule has 0 radical (unpaired) electrons. The smallest absolute Gasteiger partial charge is 0.247 e. The fraction of sp³-hybridized carbons (Fsp3) is 0.316. The molecule has 0 aromatic heterocycles. The number of carbonyl (C=O) groups is 1. The van der Waals surface area contributed by atoms with Gasteiger partial charge in [0.15, 0.2) is 0 Å². The molecule has 0 aliphatic carbocycles. The molecule has 2 aromatic carbocycles. The molecule has 1 atom stereocenters. The van der Waals surface area contributed by atoms with Gasteiger partial charge in [0.05, 0.1) is 18.0 Å². The molecule has 0 saturated carbocycles. The topological polar surface area (TPSA) is 75.7 Å². The molecule has 8 heteroatoms. The molecule has 0 spiro atoms. The minimum Gasteiger partial charge on any atom is -0.491 e. The second-order valence-corrected chi connectivity index (χ2v) is 8.25. The molecule has 0 heterocycles. The Balaban J connectivity index is 2.20. The molecule has 0 aliphatic heterocycles. The second kappa shape index (κ2) is 8.39. The minimum atomic E-state index is -3.81. The van der Waals surface area contributed by atoms with Gasteiger partial charge in [-0.05, 0) is 63.2 Å². The van der Waals surface area contributed by atoms with Crippen LogP contribution in [0.25, 0.3) is 0 Å². The van der Waals surface area contributed by atoms with Crippen LogP contribution >= 0.6 is 0 Å². The lowest BCUT2D eigenvalue weighted by molar-refractivity contribution is -0.116. The van der Waals surface area contributed by atoms with Crippen LogP contribution in [0.3, 0.4) is 0 Å². The molecule has 6 nitrogen and oxygen atoms in total. The van der Waals surface area contributed by atoms with Crippen LogP contribution < -0.4 is 14.4 Å². The number of benzene rings is 2. The van der Waals surface area contributed by atoms with Crippen molar-refractivity contribution in [1.82, 2.24) is 0 Å². The van der Waals surface area contributed by atoms with E-state index in [-0.39, 0.29) is 11.8 Å². The van der Waals surface area contributed by atoms with Crippen molar-refractivity contribution in [1.29, 1.82) is 0 Å². The van der Waals surface area contributed by atoms with Gasteiger partial charge in [0.1, 0.15) is 17.6 Å². The molecular weight excluding hydrogens is 371 g/mol. The standard InChI is InChI=1S/C19H23FN2O4S/c1-13(2)26-18-10-8-16(9-11-18)21-19(23)14(3)22(27(4,24)25)17-7-5-6-15(20)12-17/h5-14H,1-4H3,(H,21,23)/t14-/m0/s1. The maximum absolute atomic E-state index is 13.5. The van der Waals surface area contributed by atoms with Crippen LogP contribution in [0, 0.1) is 5.82 Å². The lowest BCUT2D eigenvalue weighted by atomic mass is 10.2. The van der Waals surface area contributed by atoms with Gasteiger partial charge in [0, 0.05) is 5.69 Å². The Bertz CT molecular complexity index is 898. The maximum atomic E-state index is 13.5. The zero-order chi connectivity index (χ0) is 20.2. The van der Waals surface area contributed by atoms with E-state index in [0.29, 0.717) is 11.4 Å². The van der Waals surface area contributed by atoms with Gasteiger partial charge in [0.25, 0.3) is 0 Å². The summed E-state index contributed by atoms with van der Waals surface area (Å²) in [6, 6.07) is 10.8. The first-order valence-electron chi connectivity index (χ1n) is 8.40. The van der Waals surface area contributed by atoms with E-state index in [9.17, 15) is 17.6 Å². The first-order chi connectivity index (χ1) is 12.6. The normalized spacial score (nSPS) is 12.5. The van der Waals surface area contributed by atoms with Crippen LogP contribution in [-0.2, 0) is 14.8 Å². The summed E-state index contributed by atoms with van der Waals surface area (Å²) in [5.74, 6) is -0.467. The van der Waals surface area contributed by atoms with E-state index >= 15 is 0 Å². The summed E-state index contributed by atoms with van der Waals surface area (Å²) in [4.78, 5) is 12.6. The average molecular weight is 394 g/mol. The highest BCUT2D eigenvalue weighted by atomic mass is 32.2. The Morgan fingerprint density at radius 3 is 2.26 bits per heavy atom. The monoisotopic (exact) mass is 394 g/mol. The Kier molecular flexibility index (Phi) is 6.43. The number of nitrogens with one attached hydrogen (secondary N) is 1. The predicted molar refractivity (Wildman–Crippen MR) is 104 cm³/mol. The van der Waals surface area contributed by atoms with Crippen LogP contribution in [0.5, 0.6) is 5.75 Å². The second-order valence-electron chi connectivity index (χ2n) is 6.39. The first-order valence-corrected chi connectivity index (χ1v) is 10.3. The van der Waals surface area contributed by atoms with Crippen LogP contribution in [0.15, 0.2) is 48.5 Å². The Hall–Kier alpha value is -2.61. The quantitative estimate of drug-likeness (QED) is 0.781. The molecule has 0 bridgehead atoms. The minimum absolute atomic E-state index is 0.0278. The number of sulfonamides is 1. The van der Waals surface area contributed by atoms with Crippen molar-refractivity contribution >= 4 is 27.3 Å². The van der Waals surface area contributed by atoms with Crippen molar-refractivity contribution in [2.24, 2.45) is 0 Å². The van der Waals surface area contributed by atoms with E-state index < -0.39 is 27.8 Å². The lowest BCUT2D eigenvalue weighted by Gasteiger charge is -2.28. The van der Waals surface area contributed by atoms with E-state index in [4.69, 9.17) is 4.74 Å². The van der Waals surface area contributed by atoms with Gasteiger partial charge >= 0.3 is 0 Å². The van der Waals surface area contributed by atoms with Crippen molar-refractivity contribution in [2.75, 3.05) is 15.9 Å². The number of nitrogens with zero attached hydrogens (tertiary/aromatic N) is 1. The molecule has 27 heavy (non-hydrogen) atoms. The molecule has 0 saturated heterocycles. The maximum Gasteiger partial charge on any atom is 0.247 e. The number of hydrogen-bond donors (Lipinski definition) is 1. The highest BCUT2D eigenvalue weighted by molar-refractivity contribution is 7.92. The van der Waals surface area contributed by atoms with E-state index in [2.05, 4.69) is 5.32 Å².